The first-order chi connectivity index (χ1) is 11.0. The normalized spacial score (nSPS) is 11.7. The van der Waals surface area contributed by atoms with Crippen LogP contribution in [0.3, 0.4) is 0 Å². The van der Waals surface area contributed by atoms with Gasteiger partial charge in [-0.05, 0) is 18.1 Å². The van der Waals surface area contributed by atoms with Crippen LogP contribution in [0.1, 0.15) is 20.3 Å². The van der Waals surface area contributed by atoms with E-state index in [2.05, 4.69) is 10.9 Å². The number of terminal acetylenes is 1. The minimum atomic E-state index is -0.157. The van der Waals surface area contributed by atoms with Crippen molar-refractivity contribution >= 4 is 27.5 Å². The lowest BCUT2D eigenvalue weighted by Crippen LogP contribution is -2.17. The number of thiazole rings is 1. The van der Waals surface area contributed by atoms with E-state index in [0.717, 1.165) is 10.2 Å². The van der Waals surface area contributed by atoms with Gasteiger partial charge in [0, 0.05) is 6.42 Å². The first-order valence-corrected chi connectivity index (χ1v) is 8.08. The number of aromatic nitrogens is 1. The molecule has 6 heteroatoms. The maximum atomic E-state index is 12.1. The Morgan fingerprint density at radius 3 is 2.57 bits per heavy atom. The van der Waals surface area contributed by atoms with Crippen molar-refractivity contribution in [2.45, 2.75) is 26.8 Å². The summed E-state index contributed by atoms with van der Waals surface area (Å²) in [6, 6.07) is 3.65. The number of hydrogen-bond acceptors (Lipinski definition) is 4. The predicted octanol–water partition coefficient (Wildman–Crippen LogP) is 2.83. The van der Waals surface area contributed by atoms with Gasteiger partial charge in [-0.2, -0.15) is 4.99 Å². The lowest BCUT2D eigenvalue weighted by molar-refractivity contribution is -0.118. The third-order valence-corrected chi connectivity index (χ3v) is 4.34. The summed E-state index contributed by atoms with van der Waals surface area (Å²) in [7, 11) is 3.20. The second kappa shape index (κ2) is 7.34. The second-order valence-electron chi connectivity index (χ2n) is 5.43. The lowest BCUT2D eigenvalue weighted by atomic mass is 10.1. The van der Waals surface area contributed by atoms with Crippen LogP contribution in [-0.4, -0.2) is 24.7 Å². The van der Waals surface area contributed by atoms with Crippen LogP contribution in [0.2, 0.25) is 0 Å². The molecule has 1 heterocycles. The third-order valence-electron chi connectivity index (χ3n) is 3.24. The van der Waals surface area contributed by atoms with Crippen molar-refractivity contribution in [3.8, 4) is 23.8 Å². The SMILES string of the molecule is C#CCn1c(=NC(=O)CC(C)C)sc2c(OC)ccc(OC)c21. The Kier molecular flexibility index (Phi) is 5.45. The standard InChI is InChI=1S/C17H20N2O3S/c1-6-9-19-15-12(21-4)7-8-13(22-5)16(15)23-17(19)18-14(20)10-11(2)3/h1,7-8,11H,9-10H2,2-5H3. The molecular formula is C17H20N2O3S. The quantitative estimate of drug-likeness (QED) is 0.791. The van der Waals surface area contributed by atoms with E-state index in [4.69, 9.17) is 15.9 Å². The lowest BCUT2D eigenvalue weighted by Gasteiger charge is -2.08. The fourth-order valence-corrected chi connectivity index (χ4v) is 3.43. The molecule has 0 aliphatic heterocycles. The molecule has 23 heavy (non-hydrogen) atoms. The van der Waals surface area contributed by atoms with Gasteiger partial charge in [-0.25, -0.2) is 0 Å². The molecule has 1 aromatic heterocycles. The molecule has 2 rings (SSSR count). The summed E-state index contributed by atoms with van der Waals surface area (Å²) >= 11 is 1.37. The number of fused-ring (bicyclic) bond motifs is 1. The van der Waals surface area contributed by atoms with Crippen LogP contribution in [0.4, 0.5) is 0 Å². The zero-order valence-electron chi connectivity index (χ0n) is 13.8. The van der Waals surface area contributed by atoms with Crippen molar-refractivity contribution in [2.75, 3.05) is 14.2 Å². The van der Waals surface area contributed by atoms with Crippen LogP contribution in [0, 0.1) is 18.3 Å². The molecule has 2 aromatic rings. The molecule has 0 bridgehead atoms. The second-order valence-corrected chi connectivity index (χ2v) is 6.40. The zero-order valence-corrected chi connectivity index (χ0v) is 14.6. The molecule has 0 fully saturated rings. The van der Waals surface area contributed by atoms with Gasteiger partial charge >= 0.3 is 0 Å². The van der Waals surface area contributed by atoms with Crippen LogP contribution in [0.5, 0.6) is 11.5 Å². The number of amides is 1. The Bertz CT molecular complexity index is 825. The van der Waals surface area contributed by atoms with E-state index in [9.17, 15) is 4.79 Å². The van der Waals surface area contributed by atoms with Crippen LogP contribution < -0.4 is 14.3 Å². The van der Waals surface area contributed by atoms with Crippen molar-refractivity contribution in [2.24, 2.45) is 10.9 Å². The van der Waals surface area contributed by atoms with Gasteiger partial charge in [0.15, 0.2) is 4.80 Å². The van der Waals surface area contributed by atoms with Gasteiger partial charge in [-0.1, -0.05) is 31.1 Å². The Balaban J connectivity index is 2.75. The van der Waals surface area contributed by atoms with E-state index < -0.39 is 0 Å². The van der Waals surface area contributed by atoms with Gasteiger partial charge < -0.3 is 14.0 Å². The van der Waals surface area contributed by atoms with E-state index in [0.29, 0.717) is 29.3 Å². The highest BCUT2D eigenvalue weighted by molar-refractivity contribution is 7.16. The summed E-state index contributed by atoms with van der Waals surface area (Å²) in [6.07, 6.45) is 5.89. The van der Waals surface area contributed by atoms with E-state index in [1.54, 1.807) is 14.2 Å². The third kappa shape index (κ3) is 3.57. The Labute approximate surface area is 139 Å². The number of nitrogens with zero attached hydrogens (tertiary/aromatic N) is 2. The Morgan fingerprint density at radius 1 is 1.35 bits per heavy atom. The monoisotopic (exact) mass is 332 g/mol. The van der Waals surface area contributed by atoms with E-state index >= 15 is 0 Å². The maximum Gasteiger partial charge on any atom is 0.248 e. The van der Waals surface area contributed by atoms with Gasteiger partial charge in [-0.15, -0.1) is 6.42 Å². The number of carbonyl (C=O) groups excluding carboxylic acids is 1. The molecule has 0 radical (unpaired) electrons. The van der Waals surface area contributed by atoms with Crippen LogP contribution in [0.15, 0.2) is 17.1 Å². The summed E-state index contributed by atoms with van der Waals surface area (Å²) in [6.45, 7) is 4.27. The van der Waals surface area contributed by atoms with Crippen LogP contribution in [0.25, 0.3) is 10.2 Å². The van der Waals surface area contributed by atoms with Crippen molar-refractivity contribution in [3.63, 3.8) is 0 Å². The van der Waals surface area contributed by atoms with Crippen molar-refractivity contribution in [3.05, 3.63) is 16.9 Å². The molecule has 0 saturated heterocycles. The average Bonchev–Trinajstić information content (AvgIpc) is 2.84. The molecule has 0 aliphatic carbocycles. The highest BCUT2D eigenvalue weighted by Crippen LogP contribution is 2.35. The van der Waals surface area contributed by atoms with Crippen molar-refractivity contribution < 1.29 is 14.3 Å². The summed E-state index contributed by atoms with van der Waals surface area (Å²) in [5, 5.41) is 0. The number of carbonyl (C=O) groups is 1. The molecule has 5 nitrogen and oxygen atoms in total. The molecule has 0 atom stereocenters. The summed E-state index contributed by atoms with van der Waals surface area (Å²) < 4.78 is 13.5. The van der Waals surface area contributed by atoms with Gasteiger partial charge in [0.2, 0.25) is 5.91 Å². The molecule has 0 unspecified atom stereocenters. The molecule has 0 N–H and O–H groups in total. The van der Waals surface area contributed by atoms with Gasteiger partial charge in [0.25, 0.3) is 0 Å². The fraction of sp³-hybridized carbons (Fsp3) is 0.412. The Morgan fingerprint density at radius 2 is 2.00 bits per heavy atom. The maximum absolute atomic E-state index is 12.1. The number of hydrogen-bond donors (Lipinski definition) is 0. The summed E-state index contributed by atoms with van der Waals surface area (Å²) in [5.41, 5.74) is 0.797. The first kappa shape index (κ1) is 17.1. The molecule has 1 aromatic carbocycles. The molecule has 0 aliphatic rings. The molecule has 122 valence electrons. The summed E-state index contributed by atoms with van der Waals surface area (Å²) in [4.78, 5) is 16.9. The van der Waals surface area contributed by atoms with Crippen LogP contribution in [-0.2, 0) is 11.3 Å². The minimum Gasteiger partial charge on any atom is -0.495 e. The minimum absolute atomic E-state index is 0.157. The average molecular weight is 332 g/mol. The van der Waals surface area contributed by atoms with E-state index in [1.165, 1.54) is 11.3 Å². The van der Waals surface area contributed by atoms with Crippen molar-refractivity contribution in [1.29, 1.82) is 0 Å². The smallest absolute Gasteiger partial charge is 0.248 e. The molecule has 1 amide bonds. The summed E-state index contributed by atoms with van der Waals surface area (Å²) in [5.74, 6) is 4.08. The number of benzene rings is 1. The van der Waals surface area contributed by atoms with E-state index in [-0.39, 0.29) is 11.8 Å². The molecule has 0 saturated carbocycles. The molecular weight excluding hydrogens is 312 g/mol. The van der Waals surface area contributed by atoms with Gasteiger partial charge in [0.1, 0.15) is 21.7 Å². The highest BCUT2D eigenvalue weighted by Gasteiger charge is 2.16. The largest absolute Gasteiger partial charge is 0.495 e. The van der Waals surface area contributed by atoms with Crippen LogP contribution >= 0.6 is 11.3 Å². The topological polar surface area (TPSA) is 52.8 Å². The highest BCUT2D eigenvalue weighted by atomic mass is 32.1. The number of ether oxygens (including phenoxy) is 2. The fourth-order valence-electron chi connectivity index (χ4n) is 2.28. The van der Waals surface area contributed by atoms with Crippen molar-refractivity contribution in [1.82, 2.24) is 4.57 Å². The van der Waals surface area contributed by atoms with E-state index in [1.807, 2.05) is 30.5 Å². The number of methoxy groups -OCH3 is 2. The molecule has 0 spiro atoms. The Hall–Kier alpha value is -2.26. The van der Waals surface area contributed by atoms with Gasteiger partial charge in [0.05, 0.1) is 20.8 Å². The predicted molar refractivity (Wildman–Crippen MR) is 91.8 cm³/mol. The van der Waals surface area contributed by atoms with Gasteiger partial charge in [-0.3, -0.25) is 4.79 Å². The zero-order chi connectivity index (χ0) is 17.0. The number of rotatable bonds is 5. The first-order valence-electron chi connectivity index (χ1n) is 7.27.